The van der Waals surface area contributed by atoms with Crippen molar-refractivity contribution in [2.24, 2.45) is 0 Å². The molecule has 1 aliphatic heterocycles. The molecule has 0 radical (unpaired) electrons. The van der Waals surface area contributed by atoms with Gasteiger partial charge in [-0.1, -0.05) is 36.4 Å². The number of fused-ring (bicyclic) bond motifs is 1. The highest BCUT2D eigenvalue weighted by molar-refractivity contribution is 5.83. The lowest BCUT2D eigenvalue weighted by Gasteiger charge is -2.26. The van der Waals surface area contributed by atoms with E-state index in [4.69, 9.17) is 4.74 Å². The van der Waals surface area contributed by atoms with Crippen molar-refractivity contribution in [3.05, 3.63) is 54.1 Å². The molecule has 2 heterocycles. The Bertz CT molecular complexity index is 851. The molecule has 0 atom stereocenters. The number of ether oxygens (including phenoxy) is 1. The predicted octanol–water partition coefficient (Wildman–Crippen LogP) is 2.63. The average molecular weight is 321 g/mol. The summed E-state index contributed by atoms with van der Waals surface area (Å²) >= 11 is 0. The highest BCUT2D eigenvalue weighted by atomic mass is 16.5. The zero-order valence-electron chi connectivity index (χ0n) is 13.4. The topological polar surface area (TPSA) is 58.2 Å². The molecule has 5 nitrogen and oxygen atoms in total. The molecule has 0 aliphatic carbocycles. The third kappa shape index (κ3) is 3.03. The van der Waals surface area contributed by atoms with Crippen LogP contribution in [0.2, 0.25) is 0 Å². The Labute approximate surface area is 140 Å². The maximum absolute atomic E-state index is 12.4. The SMILES string of the molecule is O=C(Cc1ccc2nc(-c3ccccc3)[nH]c2c1)N1CCOCC1. The largest absolute Gasteiger partial charge is 0.378 e. The summed E-state index contributed by atoms with van der Waals surface area (Å²) in [4.78, 5) is 22.2. The first-order valence-electron chi connectivity index (χ1n) is 8.19. The summed E-state index contributed by atoms with van der Waals surface area (Å²) in [6, 6.07) is 16.0. The molecule has 5 heteroatoms. The molecular formula is C19H19N3O2. The van der Waals surface area contributed by atoms with Crippen molar-refractivity contribution in [2.75, 3.05) is 26.3 Å². The van der Waals surface area contributed by atoms with E-state index in [9.17, 15) is 4.79 Å². The van der Waals surface area contributed by atoms with Crippen molar-refractivity contribution < 1.29 is 9.53 Å². The molecule has 1 aliphatic rings. The Balaban J connectivity index is 1.56. The summed E-state index contributed by atoms with van der Waals surface area (Å²) in [6.45, 7) is 2.63. The van der Waals surface area contributed by atoms with E-state index in [2.05, 4.69) is 9.97 Å². The molecule has 1 fully saturated rings. The Hall–Kier alpha value is -2.66. The van der Waals surface area contributed by atoms with Crippen molar-refractivity contribution in [1.82, 2.24) is 14.9 Å². The van der Waals surface area contributed by atoms with E-state index in [0.29, 0.717) is 32.7 Å². The summed E-state index contributed by atoms with van der Waals surface area (Å²) < 4.78 is 5.30. The number of benzene rings is 2. The number of carbonyl (C=O) groups is 1. The zero-order valence-corrected chi connectivity index (χ0v) is 13.4. The van der Waals surface area contributed by atoms with Crippen LogP contribution in [-0.2, 0) is 16.0 Å². The van der Waals surface area contributed by atoms with Crippen molar-refractivity contribution in [2.45, 2.75) is 6.42 Å². The van der Waals surface area contributed by atoms with E-state index in [0.717, 1.165) is 28.0 Å². The van der Waals surface area contributed by atoms with E-state index >= 15 is 0 Å². The smallest absolute Gasteiger partial charge is 0.227 e. The number of rotatable bonds is 3. The van der Waals surface area contributed by atoms with Crippen molar-refractivity contribution >= 4 is 16.9 Å². The number of hydrogen-bond donors (Lipinski definition) is 1. The minimum absolute atomic E-state index is 0.153. The van der Waals surface area contributed by atoms with Gasteiger partial charge in [0.05, 0.1) is 30.7 Å². The number of aromatic amines is 1. The van der Waals surface area contributed by atoms with Crippen LogP contribution < -0.4 is 0 Å². The number of carbonyl (C=O) groups excluding carboxylic acids is 1. The third-order valence-electron chi connectivity index (χ3n) is 4.31. The first kappa shape index (κ1) is 14.9. The van der Waals surface area contributed by atoms with Crippen molar-refractivity contribution in [3.63, 3.8) is 0 Å². The van der Waals surface area contributed by atoms with E-state index in [1.54, 1.807) is 0 Å². The van der Waals surface area contributed by atoms with Crippen LogP contribution in [0.15, 0.2) is 48.5 Å². The second-order valence-corrected chi connectivity index (χ2v) is 5.97. The summed E-state index contributed by atoms with van der Waals surface area (Å²) in [7, 11) is 0. The van der Waals surface area contributed by atoms with Gasteiger partial charge in [-0.3, -0.25) is 4.79 Å². The van der Waals surface area contributed by atoms with Crippen LogP contribution in [0.5, 0.6) is 0 Å². The Kier molecular flexibility index (Phi) is 4.01. The molecule has 4 rings (SSSR count). The number of nitrogens with one attached hydrogen (secondary N) is 1. The number of morpholine rings is 1. The molecular weight excluding hydrogens is 302 g/mol. The van der Waals surface area contributed by atoms with E-state index in [1.165, 1.54) is 0 Å². The first-order valence-corrected chi connectivity index (χ1v) is 8.19. The van der Waals surface area contributed by atoms with Gasteiger partial charge in [-0.2, -0.15) is 0 Å². The van der Waals surface area contributed by atoms with E-state index < -0.39 is 0 Å². The number of H-pyrrole nitrogens is 1. The van der Waals surface area contributed by atoms with Crippen molar-refractivity contribution in [3.8, 4) is 11.4 Å². The van der Waals surface area contributed by atoms with Crippen LogP contribution in [0.1, 0.15) is 5.56 Å². The maximum Gasteiger partial charge on any atom is 0.227 e. The van der Waals surface area contributed by atoms with Crippen LogP contribution in [-0.4, -0.2) is 47.1 Å². The normalized spacial score (nSPS) is 14.9. The van der Waals surface area contributed by atoms with Gasteiger partial charge in [-0.25, -0.2) is 4.98 Å². The Morgan fingerprint density at radius 2 is 1.92 bits per heavy atom. The maximum atomic E-state index is 12.4. The fourth-order valence-corrected chi connectivity index (χ4v) is 3.00. The second-order valence-electron chi connectivity index (χ2n) is 5.97. The van der Waals surface area contributed by atoms with E-state index in [-0.39, 0.29) is 5.91 Å². The molecule has 1 saturated heterocycles. The van der Waals surface area contributed by atoms with Crippen LogP contribution in [0.4, 0.5) is 0 Å². The van der Waals surface area contributed by atoms with Gasteiger partial charge >= 0.3 is 0 Å². The fourth-order valence-electron chi connectivity index (χ4n) is 3.00. The molecule has 24 heavy (non-hydrogen) atoms. The predicted molar refractivity (Wildman–Crippen MR) is 92.6 cm³/mol. The molecule has 2 aromatic carbocycles. The summed E-state index contributed by atoms with van der Waals surface area (Å²) in [5.41, 5.74) is 3.93. The lowest BCUT2D eigenvalue weighted by Crippen LogP contribution is -2.41. The highest BCUT2D eigenvalue weighted by Crippen LogP contribution is 2.21. The van der Waals surface area contributed by atoms with Crippen LogP contribution in [0.25, 0.3) is 22.4 Å². The van der Waals surface area contributed by atoms with Gasteiger partial charge in [-0.15, -0.1) is 0 Å². The van der Waals surface area contributed by atoms with Crippen LogP contribution in [0, 0.1) is 0 Å². The van der Waals surface area contributed by atoms with Gasteiger partial charge in [0.15, 0.2) is 0 Å². The van der Waals surface area contributed by atoms with E-state index in [1.807, 2.05) is 53.4 Å². The minimum Gasteiger partial charge on any atom is -0.378 e. The van der Waals surface area contributed by atoms with Gasteiger partial charge < -0.3 is 14.6 Å². The average Bonchev–Trinajstić information content (AvgIpc) is 3.06. The highest BCUT2D eigenvalue weighted by Gasteiger charge is 2.17. The summed E-state index contributed by atoms with van der Waals surface area (Å²) in [6.07, 6.45) is 0.412. The zero-order chi connectivity index (χ0) is 16.4. The van der Waals surface area contributed by atoms with Gasteiger partial charge in [-0.05, 0) is 17.7 Å². The monoisotopic (exact) mass is 321 g/mol. The molecule has 0 unspecified atom stereocenters. The molecule has 1 amide bonds. The summed E-state index contributed by atoms with van der Waals surface area (Å²) in [5.74, 6) is 1.00. The molecule has 0 bridgehead atoms. The molecule has 1 N–H and O–H groups in total. The van der Waals surface area contributed by atoms with Crippen LogP contribution in [0.3, 0.4) is 0 Å². The molecule has 1 aromatic heterocycles. The van der Waals surface area contributed by atoms with Gasteiger partial charge in [0, 0.05) is 18.7 Å². The standard InChI is InChI=1S/C19H19N3O2/c23-18(22-8-10-24-11-9-22)13-14-6-7-16-17(12-14)21-19(20-16)15-4-2-1-3-5-15/h1-7,12H,8-11,13H2,(H,20,21). The lowest BCUT2D eigenvalue weighted by molar-refractivity contribution is -0.134. The number of hydrogen-bond acceptors (Lipinski definition) is 3. The molecule has 0 spiro atoms. The number of imidazole rings is 1. The van der Waals surface area contributed by atoms with Crippen molar-refractivity contribution in [1.29, 1.82) is 0 Å². The quantitative estimate of drug-likeness (QED) is 0.807. The second kappa shape index (κ2) is 6.45. The summed E-state index contributed by atoms with van der Waals surface area (Å²) in [5, 5.41) is 0. The molecule has 0 saturated carbocycles. The van der Waals surface area contributed by atoms with Gasteiger partial charge in [0.25, 0.3) is 0 Å². The lowest BCUT2D eigenvalue weighted by atomic mass is 10.1. The fraction of sp³-hybridized carbons (Fsp3) is 0.263. The van der Waals surface area contributed by atoms with Gasteiger partial charge in [0.1, 0.15) is 5.82 Å². The van der Waals surface area contributed by atoms with Crippen LogP contribution >= 0.6 is 0 Å². The minimum atomic E-state index is 0.153. The number of aromatic nitrogens is 2. The molecule has 3 aromatic rings. The van der Waals surface area contributed by atoms with Gasteiger partial charge in [0.2, 0.25) is 5.91 Å². The Morgan fingerprint density at radius 3 is 2.71 bits per heavy atom. The Morgan fingerprint density at radius 1 is 1.12 bits per heavy atom. The number of nitrogens with zero attached hydrogens (tertiary/aromatic N) is 2. The first-order chi connectivity index (χ1) is 11.8. The number of amides is 1. The third-order valence-corrected chi connectivity index (χ3v) is 4.31. The molecule has 122 valence electrons.